The maximum absolute atomic E-state index is 14.0. The van der Waals surface area contributed by atoms with Gasteiger partial charge in [-0.3, -0.25) is 9.48 Å². The number of carbonyl (C=O) groups is 1. The number of hydrogen-bond acceptors (Lipinski definition) is 4. The number of fused-ring (bicyclic) bond motifs is 1. The summed E-state index contributed by atoms with van der Waals surface area (Å²) in [6.45, 7) is 2.03. The molecule has 0 bridgehead atoms. The van der Waals surface area contributed by atoms with Crippen LogP contribution < -0.4 is 5.32 Å². The van der Waals surface area contributed by atoms with Gasteiger partial charge in [-0.05, 0) is 24.6 Å². The topological polar surface area (TPSA) is 68.0 Å². The Labute approximate surface area is 201 Å². The van der Waals surface area contributed by atoms with Gasteiger partial charge >= 0.3 is 6.18 Å². The van der Waals surface area contributed by atoms with Gasteiger partial charge in [0.15, 0.2) is 11.7 Å². The molecule has 1 aliphatic heterocycles. The summed E-state index contributed by atoms with van der Waals surface area (Å²) in [5.41, 5.74) is 2.01. The standard InChI is InChI=1S/C21H21BrClF3N6O/c1-11-13(10-31(3)28-11)9-30(2)20(33)18-17(23)19-27-15(12-4-6-14(22)7-5-12)8-16(21(24,25)26)32(19)29-18/h4-7,10,15-16,27H,8-9H2,1-3H3/t15-,16+/m0/s1. The molecule has 0 aliphatic carbocycles. The van der Waals surface area contributed by atoms with Crippen LogP contribution in [0, 0.1) is 6.92 Å². The van der Waals surface area contributed by atoms with Gasteiger partial charge in [0.25, 0.3) is 5.91 Å². The molecule has 0 saturated carbocycles. The van der Waals surface area contributed by atoms with Crippen LogP contribution >= 0.6 is 27.5 Å². The largest absolute Gasteiger partial charge is 0.410 e. The summed E-state index contributed by atoms with van der Waals surface area (Å²) < 4.78 is 45.1. The fourth-order valence-electron chi connectivity index (χ4n) is 3.95. The number of nitrogens with one attached hydrogen (secondary N) is 1. The Morgan fingerprint density at radius 3 is 2.55 bits per heavy atom. The number of aryl methyl sites for hydroxylation is 2. The van der Waals surface area contributed by atoms with Crippen molar-refractivity contribution in [3.05, 3.63) is 62.5 Å². The van der Waals surface area contributed by atoms with E-state index in [0.717, 1.165) is 20.4 Å². The molecule has 0 radical (unpaired) electrons. The second kappa shape index (κ2) is 8.68. The zero-order chi connectivity index (χ0) is 24.1. The molecule has 0 saturated heterocycles. The Balaban J connectivity index is 1.67. The van der Waals surface area contributed by atoms with Crippen molar-refractivity contribution in [2.45, 2.75) is 38.1 Å². The first-order valence-corrected chi connectivity index (χ1v) is 11.2. The molecule has 0 unspecified atom stereocenters. The number of nitrogens with zero attached hydrogens (tertiary/aromatic N) is 5. The smallest absolute Gasteiger partial charge is 0.362 e. The third kappa shape index (κ3) is 4.61. The first-order chi connectivity index (χ1) is 15.5. The van der Waals surface area contributed by atoms with Crippen LogP contribution in [-0.4, -0.2) is 43.6 Å². The summed E-state index contributed by atoms with van der Waals surface area (Å²) >= 11 is 9.76. The molecule has 2 aromatic heterocycles. The van der Waals surface area contributed by atoms with Crippen molar-refractivity contribution in [3.63, 3.8) is 0 Å². The number of amides is 1. The molecule has 1 N–H and O–H groups in total. The highest BCUT2D eigenvalue weighted by molar-refractivity contribution is 9.10. The minimum absolute atomic E-state index is 0.0209. The van der Waals surface area contributed by atoms with Crippen molar-refractivity contribution < 1.29 is 18.0 Å². The second-order valence-electron chi connectivity index (χ2n) is 8.07. The molecular formula is C21H21BrClF3N6O. The highest BCUT2D eigenvalue weighted by Gasteiger charge is 2.48. The molecular weight excluding hydrogens is 525 g/mol. The zero-order valence-electron chi connectivity index (χ0n) is 18.0. The van der Waals surface area contributed by atoms with Crippen LogP contribution in [0.2, 0.25) is 5.02 Å². The molecule has 1 amide bonds. The van der Waals surface area contributed by atoms with Crippen LogP contribution in [0.5, 0.6) is 0 Å². The minimum atomic E-state index is -4.57. The first kappa shape index (κ1) is 23.6. The summed E-state index contributed by atoms with van der Waals surface area (Å²) in [4.78, 5) is 14.4. The maximum Gasteiger partial charge on any atom is 0.410 e. The van der Waals surface area contributed by atoms with E-state index >= 15 is 0 Å². The normalized spacial score (nSPS) is 18.1. The maximum atomic E-state index is 14.0. The highest BCUT2D eigenvalue weighted by Crippen LogP contribution is 2.46. The van der Waals surface area contributed by atoms with Crippen molar-refractivity contribution in [1.29, 1.82) is 0 Å². The Morgan fingerprint density at radius 2 is 1.97 bits per heavy atom. The summed E-state index contributed by atoms with van der Waals surface area (Å²) in [5.74, 6) is -0.597. The quantitative estimate of drug-likeness (QED) is 0.485. The number of hydrogen-bond donors (Lipinski definition) is 1. The van der Waals surface area contributed by atoms with Gasteiger partial charge in [0.05, 0.1) is 11.7 Å². The van der Waals surface area contributed by atoms with Gasteiger partial charge in [0, 0.05) is 43.3 Å². The molecule has 1 aromatic carbocycles. The number of halogens is 5. The summed E-state index contributed by atoms with van der Waals surface area (Å²) in [6, 6.07) is 4.43. The molecule has 0 fully saturated rings. The van der Waals surface area contributed by atoms with E-state index in [-0.39, 0.29) is 29.5 Å². The lowest BCUT2D eigenvalue weighted by molar-refractivity contribution is -0.173. The highest BCUT2D eigenvalue weighted by atomic mass is 79.9. The number of anilines is 1. The average Bonchev–Trinajstić information content (AvgIpc) is 3.24. The number of alkyl halides is 3. The molecule has 4 rings (SSSR count). The fraction of sp³-hybridized carbons (Fsp3) is 0.381. The van der Waals surface area contributed by atoms with Crippen molar-refractivity contribution in [2.75, 3.05) is 12.4 Å². The monoisotopic (exact) mass is 544 g/mol. The lowest BCUT2D eigenvalue weighted by Gasteiger charge is -2.33. The van der Waals surface area contributed by atoms with Crippen molar-refractivity contribution >= 4 is 39.3 Å². The molecule has 3 aromatic rings. The second-order valence-corrected chi connectivity index (χ2v) is 9.37. The van der Waals surface area contributed by atoms with E-state index in [4.69, 9.17) is 11.6 Å². The molecule has 176 valence electrons. The number of benzene rings is 1. The van der Waals surface area contributed by atoms with Crippen LogP contribution in [-0.2, 0) is 13.6 Å². The third-order valence-electron chi connectivity index (χ3n) is 5.64. The number of carbonyl (C=O) groups excluding carboxylic acids is 1. The van der Waals surface area contributed by atoms with Gasteiger partial charge in [0.1, 0.15) is 10.8 Å². The van der Waals surface area contributed by atoms with E-state index in [0.29, 0.717) is 5.56 Å². The van der Waals surface area contributed by atoms with Crippen molar-refractivity contribution in [3.8, 4) is 0 Å². The van der Waals surface area contributed by atoms with E-state index in [9.17, 15) is 18.0 Å². The van der Waals surface area contributed by atoms with Gasteiger partial charge in [0.2, 0.25) is 0 Å². The van der Waals surface area contributed by atoms with Gasteiger partial charge in [-0.25, -0.2) is 4.68 Å². The molecule has 7 nitrogen and oxygen atoms in total. The molecule has 12 heteroatoms. The predicted molar refractivity (Wildman–Crippen MR) is 121 cm³/mol. The van der Waals surface area contributed by atoms with E-state index in [1.807, 2.05) is 6.92 Å². The summed E-state index contributed by atoms with van der Waals surface area (Å²) in [7, 11) is 3.31. The van der Waals surface area contributed by atoms with Crippen LogP contribution in [0.4, 0.5) is 19.0 Å². The van der Waals surface area contributed by atoms with E-state index < -0.39 is 24.2 Å². The predicted octanol–water partition coefficient (Wildman–Crippen LogP) is 5.27. The van der Waals surface area contributed by atoms with Gasteiger partial charge in [-0.1, -0.05) is 39.7 Å². The molecule has 1 aliphatic rings. The molecule has 3 heterocycles. The summed E-state index contributed by atoms with van der Waals surface area (Å²) in [6.07, 6.45) is -3.07. The van der Waals surface area contributed by atoms with Gasteiger partial charge < -0.3 is 10.2 Å². The molecule has 33 heavy (non-hydrogen) atoms. The minimum Gasteiger partial charge on any atom is -0.362 e. The Bertz CT molecular complexity index is 1190. The van der Waals surface area contributed by atoms with Crippen molar-refractivity contribution in [1.82, 2.24) is 24.5 Å². The van der Waals surface area contributed by atoms with E-state index in [2.05, 4.69) is 31.4 Å². The van der Waals surface area contributed by atoms with Crippen LogP contribution in [0.15, 0.2) is 34.9 Å². The molecule has 0 spiro atoms. The Morgan fingerprint density at radius 1 is 1.30 bits per heavy atom. The number of rotatable bonds is 4. The number of aromatic nitrogens is 4. The lowest BCUT2D eigenvalue weighted by atomic mass is 9.97. The van der Waals surface area contributed by atoms with Crippen LogP contribution in [0.25, 0.3) is 0 Å². The Kier molecular flexibility index (Phi) is 6.21. The zero-order valence-corrected chi connectivity index (χ0v) is 20.3. The van der Waals surface area contributed by atoms with E-state index in [1.165, 1.54) is 4.90 Å². The first-order valence-electron chi connectivity index (χ1n) is 10.1. The Hall–Kier alpha value is -2.53. The van der Waals surface area contributed by atoms with Crippen LogP contribution in [0.1, 0.15) is 45.8 Å². The SMILES string of the molecule is Cc1nn(C)cc1CN(C)C(=O)c1nn2c(c1Cl)N[C@H](c1ccc(Br)cc1)C[C@@H]2C(F)(F)F. The van der Waals surface area contributed by atoms with E-state index in [1.54, 1.807) is 49.2 Å². The lowest BCUT2D eigenvalue weighted by Crippen LogP contribution is -2.36. The van der Waals surface area contributed by atoms with Gasteiger partial charge in [-0.15, -0.1) is 0 Å². The van der Waals surface area contributed by atoms with Crippen molar-refractivity contribution in [2.24, 2.45) is 7.05 Å². The van der Waals surface area contributed by atoms with Crippen LogP contribution in [0.3, 0.4) is 0 Å². The average molecular weight is 546 g/mol. The van der Waals surface area contributed by atoms with Gasteiger partial charge in [-0.2, -0.15) is 23.4 Å². The fourth-order valence-corrected chi connectivity index (χ4v) is 4.48. The molecule has 2 atom stereocenters. The summed E-state index contributed by atoms with van der Waals surface area (Å²) in [5, 5.41) is 11.2. The third-order valence-corrected chi connectivity index (χ3v) is 6.53.